The first-order valence-electron chi connectivity index (χ1n) is 6.29. The van der Waals surface area contributed by atoms with Crippen LogP contribution >= 0.6 is 0 Å². The quantitative estimate of drug-likeness (QED) is 0.833. The van der Waals surface area contributed by atoms with Gasteiger partial charge in [-0.1, -0.05) is 12.1 Å². The van der Waals surface area contributed by atoms with Crippen molar-refractivity contribution in [3.63, 3.8) is 0 Å². The molecule has 0 aliphatic heterocycles. The number of benzene rings is 1. The van der Waals surface area contributed by atoms with Gasteiger partial charge in [-0.05, 0) is 32.2 Å². The van der Waals surface area contributed by atoms with Crippen LogP contribution < -0.4 is 15.4 Å². The highest BCUT2D eigenvalue weighted by atomic mass is 16.5. The molecule has 2 rings (SSSR count). The third-order valence-electron chi connectivity index (χ3n) is 2.49. The first kappa shape index (κ1) is 13.3. The molecule has 0 aliphatic carbocycles. The van der Waals surface area contributed by atoms with Crippen LogP contribution in [0.4, 0.5) is 11.5 Å². The molecule has 0 bridgehead atoms. The summed E-state index contributed by atoms with van der Waals surface area (Å²) in [6.45, 7) is 3.24. The zero-order valence-electron chi connectivity index (χ0n) is 11.2. The van der Waals surface area contributed by atoms with Gasteiger partial charge < -0.3 is 15.4 Å². The summed E-state index contributed by atoms with van der Waals surface area (Å²) in [5.41, 5.74) is 0.901. The van der Waals surface area contributed by atoms with E-state index in [1.54, 1.807) is 6.20 Å². The largest absolute Gasteiger partial charge is 0.492 e. The van der Waals surface area contributed by atoms with Gasteiger partial charge in [0, 0.05) is 6.20 Å². The maximum absolute atomic E-state index is 5.57. The van der Waals surface area contributed by atoms with Gasteiger partial charge in [0.2, 0.25) is 0 Å². The van der Waals surface area contributed by atoms with Crippen LogP contribution in [-0.4, -0.2) is 23.6 Å². The molecule has 0 amide bonds. The molecule has 1 heterocycles. The molecule has 1 aromatic carbocycles. The smallest absolute Gasteiger partial charge is 0.144 e. The predicted molar refractivity (Wildman–Crippen MR) is 75.7 cm³/mol. The predicted octanol–water partition coefficient (Wildman–Crippen LogP) is 2.34. The van der Waals surface area contributed by atoms with Crippen LogP contribution in [0.25, 0.3) is 0 Å². The highest BCUT2D eigenvalue weighted by Gasteiger charge is 2.04. The first-order valence-corrected chi connectivity index (χ1v) is 6.29. The van der Waals surface area contributed by atoms with E-state index in [-0.39, 0.29) is 0 Å². The molecule has 2 N–H and O–H groups in total. The van der Waals surface area contributed by atoms with E-state index in [1.807, 2.05) is 44.3 Å². The Labute approximate surface area is 113 Å². The van der Waals surface area contributed by atoms with Crippen molar-refractivity contribution >= 4 is 11.5 Å². The molecule has 0 radical (unpaired) electrons. The lowest BCUT2D eigenvalue weighted by Crippen LogP contribution is -2.09. The molecule has 0 spiro atoms. The summed E-state index contributed by atoms with van der Waals surface area (Å²) in [4.78, 5) is 8.60. The molecular weight excluding hydrogens is 240 g/mol. The SMILES string of the molecule is CCOc1ccccc1Nc1ccnc(CNC)n1. The Morgan fingerprint density at radius 2 is 2.05 bits per heavy atom. The highest BCUT2D eigenvalue weighted by Crippen LogP contribution is 2.26. The van der Waals surface area contributed by atoms with Gasteiger partial charge >= 0.3 is 0 Å². The Kier molecular flexibility index (Phi) is 4.69. The van der Waals surface area contributed by atoms with E-state index in [4.69, 9.17) is 4.74 Å². The van der Waals surface area contributed by atoms with Crippen LogP contribution in [0.3, 0.4) is 0 Å². The van der Waals surface area contributed by atoms with Gasteiger partial charge in [0.1, 0.15) is 17.4 Å². The topological polar surface area (TPSA) is 59.1 Å². The Morgan fingerprint density at radius 3 is 2.84 bits per heavy atom. The Morgan fingerprint density at radius 1 is 1.21 bits per heavy atom. The average molecular weight is 258 g/mol. The molecular formula is C14H18N4O. The van der Waals surface area contributed by atoms with Crippen molar-refractivity contribution in [3.8, 4) is 5.75 Å². The Hall–Kier alpha value is -2.14. The van der Waals surface area contributed by atoms with Crippen LogP contribution in [0.2, 0.25) is 0 Å². The van der Waals surface area contributed by atoms with Crippen molar-refractivity contribution in [1.29, 1.82) is 0 Å². The average Bonchev–Trinajstić information content (AvgIpc) is 2.42. The molecule has 100 valence electrons. The van der Waals surface area contributed by atoms with Crippen LogP contribution in [-0.2, 0) is 6.54 Å². The number of anilines is 2. The minimum absolute atomic E-state index is 0.632. The van der Waals surface area contributed by atoms with Gasteiger partial charge in [-0.3, -0.25) is 0 Å². The lowest BCUT2D eigenvalue weighted by molar-refractivity contribution is 0.342. The zero-order chi connectivity index (χ0) is 13.5. The number of nitrogens with zero attached hydrogens (tertiary/aromatic N) is 2. The Balaban J connectivity index is 2.18. The monoisotopic (exact) mass is 258 g/mol. The summed E-state index contributed by atoms with van der Waals surface area (Å²) in [5.74, 6) is 2.33. The van der Waals surface area contributed by atoms with E-state index in [0.29, 0.717) is 13.2 Å². The molecule has 0 saturated heterocycles. The molecule has 0 saturated carbocycles. The van der Waals surface area contributed by atoms with Gasteiger partial charge in [0.05, 0.1) is 18.8 Å². The van der Waals surface area contributed by atoms with E-state index in [1.165, 1.54) is 0 Å². The fourth-order valence-electron chi connectivity index (χ4n) is 1.70. The van der Waals surface area contributed by atoms with E-state index in [0.717, 1.165) is 23.1 Å². The van der Waals surface area contributed by atoms with Crippen LogP contribution in [0.5, 0.6) is 5.75 Å². The van der Waals surface area contributed by atoms with Crippen molar-refractivity contribution in [2.24, 2.45) is 0 Å². The third-order valence-corrected chi connectivity index (χ3v) is 2.49. The molecule has 5 heteroatoms. The normalized spacial score (nSPS) is 10.2. The van der Waals surface area contributed by atoms with Crippen molar-refractivity contribution in [2.45, 2.75) is 13.5 Å². The van der Waals surface area contributed by atoms with E-state index >= 15 is 0 Å². The summed E-state index contributed by atoms with van der Waals surface area (Å²) >= 11 is 0. The second kappa shape index (κ2) is 6.70. The van der Waals surface area contributed by atoms with Gasteiger partial charge in [0.15, 0.2) is 0 Å². The van der Waals surface area contributed by atoms with Crippen molar-refractivity contribution in [2.75, 3.05) is 19.0 Å². The molecule has 0 atom stereocenters. The molecule has 19 heavy (non-hydrogen) atoms. The number of hydrogen-bond donors (Lipinski definition) is 2. The molecule has 1 aromatic heterocycles. The fraction of sp³-hybridized carbons (Fsp3) is 0.286. The van der Waals surface area contributed by atoms with Gasteiger partial charge in [-0.15, -0.1) is 0 Å². The fourth-order valence-corrected chi connectivity index (χ4v) is 1.70. The van der Waals surface area contributed by atoms with Crippen molar-refractivity contribution in [3.05, 3.63) is 42.4 Å². The molecule has 0 fully saturated rings. The summed E-state index contributed by atoms with van der Waals surface area (Å²) in [7, 11) is 1.87. The lowest BCUT2D eigenvalue weighted by Gasteiger charge is -2.11. The lowest BCUT2D eigenvalue weighted by atomic mass is 10.3. The van der Waals surface area contributed by atoms with E-state index in [2.05, 4.69) is 20.6 Å². The summed E-state index contributed by atoms with van der Waals surface area (Å²) < 4.78 is 5.57. The molecule has 0 unspecified atom stereocenters. The summed E-state index contributed by atoms with van der Waals surface area (Å²) in [5, 5.41) is 6.28. The summed E-state index contributed by atoms with van der Waals surface area (Å²) in [6, 6.07) is 9.64. The Bertz CT molecular complexity index is 530. The van der Waals surface area contributed by atoms with Crippen LogP contribution in [0.15, 0.2) is 36.5 Å². The minimum atomic E-state index is 0.632. The van der Waals surface area contributed by atoms with Gasteiger partial charge in [0.25, 0.3) is 0 Å². The second-order valence-electron chi connectivity index (χ2n) is 3.94. The van der Waals surface area contributed by atoms with E-state index in [9.17, 15) is 0 Å². The van der Waals surface area contributed by atoms with Gasteiger partial charge in [-0.25, -0.2) is 9.97 Å². The number of para-hydroxylation sites is 2. The second-order valence-corrected chi connectivity index (χ2v) is 3.94. The minimum Gasteiger partial charge on any atom is -0.492 e. The number of hydrogen-bond acceptors (Lipinski definition) is 5. The highest BCUT2D eigenvalue weighted by molar-refractivity contribution is 5.63. The zero-order valence-corrected chi connectivity index (χ0v) is 11.2. The summed E-state index contributed by atoms with van der Waals surface area (Å²) in [6.07, 6.45) is 1.74. The standard InChI is InChI=1S/C14H18N4O/c1-3-19-12-7-5-4-6-11(12)17-13-8-9-16-14(18-13)10-15-2/h4-9,15H,3,10H2,1-2H3,(H,16,17,18). The number of ether oxygens (including phenoxy) is 1. The maximum Gasteiger partial charge on any atom is 0.144 e. The van der Waals surface area contributed by atoms with Crippen LogP contribution in [0, 0.1) is 0 Å². The number of rotatable bonds is 6. The van der Waals surface area contributed by atoms with Gasteiger partial charge in [-0.2, -0.15) is 0 Å². The molecule has 5 nitrogen and oxygen atoms in total. The van der Waals surface area contributed by atoms with E-state index < -0.39 is 0 Å². The maximum atomic E-state index is 5.57. The molecule has 2 aromatic rings. The number of nitrogens with one attached hydrogen (secondary N) is 2. The third kappa shape index (κ3) is 3.66. The van der Waals surface area contributed by atoms with Crippen molar-refractivity contribution < 1.29 is 4.74 Å². The van der Waals surface area contributed by atoms with Crippen molar-refractivity contribution in [1.82, 2.24) is 15.3 Å². The first-order chi connectivity index (χ1) is 9.33. The number of aromatic nitrogens is 2. The molecule has 0 aliphatic rings. The van der Waals surface area contributed by atoms with Crippen LogP contribution in [0.1, 0.15) is 12.7 Å².